The quantitative estimate of drug-likeness (QED) is 0.693. The van der Waals surface area contributed by atoms with Crippen LogP contribution < -0.4 is 5.73 Å². The third kappa shape index (κ3) is 3.02. The fraction of sp³-hybridized carbons (Fsp3) is 0.231. The standard InChI is InChI=1S/C13H14BrN3O2/c1-9(15)10-5-6-16(7-10)8-11-3-2-4-12(13(11)14)17(18)19/h2-7,9H,8,15H2,1H3. The normalized spacial score (nSPS) is 12.4. The number of nitro benzene ring substituents is 1. The zero-order chi connectivity index (χ0) is 14.0. The smallest absolute Gasteiger partial charge is 0.283 e. The van der Waals surface area contributed by atoms with Crippen molar-refractivity contribution in [1.82, 2.24) is 4.57 Å². The molecule has 0 fully saturated rings. The van der Waals surface area contributed by atoms with Gasteiger partial charge in [-0.2, -0.15) is 0 Å². The van der Waals surface area contributed by atoms with Crippen LogP contribution in [-0.2, 0) is 6.54 Å². The zero-order valence-electron chi connectivity index (χ0n) is 10.4. The molecule has 100 valence electrons. The Balaban J connectivity index is 2.28. The summed E-state index contributed by atoms with van der Waals surface area (Å²) >= 11 is 3.30. The van der Waals surface area contributed by atoms with Gasteiger partial charge in [0.15, 0.2) is 0 Å². The zero-order valence-corrected chi connectivity index (χ0v) is 12.0. The molecule has 0 aliphatic rings. The van der Waals surface area contributed by atoms with Gasteiger partial charge in [-0.15, -0.1) is 0 Å². The Bertz CT molecular complexity index is 608. The lowest BCUT2D eigenvalue weighted by Crippen LogP contribution is -2.04. The van der Waals surface area contributed by atoms with Gasteiger partial charge in [0, 0.05) is 31.0 Å². The number of nitro groups is 1. The Morgan fingerprint density at radius 3 is 2.79 bits per heavy atom. The molecule has 2 rings (SSSR count). The molecule has 1 heterocycles. The molecule has 0 saturated carbocycles. The van der Waals surface area contributed by atoms with Gasteiger partial charge in [0.1, 0.15) is 4.47 Å². The Labute approximate surface area is 119 Å². The third-order valence-corrected chi connectivity index (χ3v) is 3.82. The Morgan fingerprint density at radius 2 is 2.21 bits per heavy atom. The molecule has 0 spiro atoms. The summed E-state index contributed by atoms with van der Waals surface area (Å²) in [5.74, 6) is 0. The highest BCUT2D eigenvalue weighted by molar-refractivity contribution is 9.10. The fourth-order valence-electron chi connectivity index (χ4n) is 1.85. The van der Waals surface area contributed by atoms with Crippen LogP contribution in [0.4, 0.5) is 5.69 Å². The van der Waals surface area contributed by atoms with E-state index in [-0.39, 0.29) is 11.7 Å². The van der Waals surface area contributed by atoms with Crippen LogP contribution in [0.1, 0.15) is 24.1 Å². The van der Waals surface area contributed by atoms with Crippen molar-refractivity contribution in [3.63, 3.8) is 0 Å². The summed E-state index contributed by atoms with van der Waals surface area (Å²) in [6.07, 6.45) is 3.87. The Hall–Kier alpha value is -1.66. The van der Waals surface area contributed by atoms with Gasteiger partial charge < -0.3 is 10.3 Å². The highest BCUT2D eigenvalue weighted by Crippen LogP contribution is 2.29. The van der Waals surface area contributed by atoms with Crippen molar-refractivity contribution in [2.75, 3.05) is 0 Å². The van der Waals surface area contributed by atoms with Crippen LogP contribution in [-0.4, -0.2) is 9.49 Å². The summed E-state index contributed by atoms with van der Waals surface area (Å²) in [4.78, 5) is 10.5. The lowest BCUT2D eigenvalue weighted by molar-refractivity contribution is -0.385. The fourth-order valence-corrected chi connectivity index (χ4v) is 2.39. The lowest BCUT2D eigenvalue weighted by atomic mass is 10.2. The van der Waals surface area contributed by atoms with E-state index in [1.165, 1.54) is 6.07 Å². The molecule has 0 bridgehead atoms. The van der Waals surface area contributed by atoms with Gasteiger partial charge >= 0.3 is 0 Å². The molecule has 6 heteroatoms. The second kappa shape index (κ2) is 5.54. The second-order valence-corrected chi connectivity index (χ2v) is 5.21. The molecule has 5 nitrogen and oxygen atoms in total. The number of halogens is 1. The van der Waals surface area contributed by atoms with Crippen LogP contribution >= 0.6 is 15.9 Å². The van der Waals surface area contributed by atoms with Crippen molar-refractivity contribution >= 4 is 21.6 Å². The maximum atomic E-state index is 10.9. The van der Waals surface area contributed by atoms with E-state index in [1.54, 1.807) is 6.07 Å². The summed E-state index contributed by atoms with van der Waals surface area (Å²) in [6.45, 7) is 2.48. The number of benzene rings is 1. The first-order valence-electron chi connectivity index (χ1n) is 5.82. The SMILES string of the molecule is CC(N)c1ccn(Cc2cccc([N+](=O)[O-])c2Br)c1. The monoisotopic (exact) mass is 323 g/mol. The molecule has 1 aromatic heterocycles. The van der Waals surface area contributed by atoms with E-state index >= 15 is 0 Å². The molecular formula is C13H14BrN3O2. The number of nitrogens with two attached hydrogens (primary N) is 1. The Morgan fingerprint density at radius 1 is 1.47 bits per heavy atom. The van der Waals surface area contributed by atoms with Gasteiger partial charge in [0.2, 0.25) is 0 Å². The maximum absolute atomic E-state index is 10.9. The number of nitrogens with zero attached hydrogens (tertiary/aromatic N) is 2. The number of hydrogen-bond donors (Lipinski definition) is 1. The van der Waals surface area contributed by atoms with Gasteiger partial charge in [0.05, 0.1) is 4.92 Å². The lowest BCUT2D eigenvalue weighted by Gasteiger charge is -2.06. The minimum Gasteiger partial charge on any atom is -0.350 e. The third-order valence-electron chi connectivity index (χ3n) is 2.91. The predicted molar refractivity (Wildman–Crippen MR) is 76.9 cm³/mol. The molecule has 1 aromatic carbocycles. The molecule has 0 aliphatic carbocycles. The molecular weight excluding hydrogens is 310 g/mol. The number of aromatic nitrogens is 1. The highest BCUT2D eigenvalue weighted by Gasteiger charge is 2.15. The number of hydrogen-bond acceptors (Lipinski definition) is 3. The topological polar surface area (TPSA) is 74.1 Å². The molecule has 1 unspecified atom stereocenters. The minimum atomic E-state index is -0.392. The molecule has 0 saturated heterocycles. The summed E-state index contributed by atoms with van der Waals surface area (Å²) < 4.78 is 2.48. The van der Waals surface area contributed by atoms with E-state index in [0.717, 1.165) is 11.1 Å². The molecule has 2 aromatic rings. The predicted octanol–water partition coefficient (Wildman–Crippen LogP) is 3.23. The van der Waals surface area contributed by atoms with E-state index in [0.29, 0.717) is 11.0 Å². The van der Waals surface area contributed by atoms with Crippen molar-refractivity contribution in [1.29, 1.82) is 0 Å². The summed E-state index contributed by atoms with van der Waals surface area (Å²) in [6, 6.07) is 6.97. The van der Waals surface area contributed by atoms with Gasteiger partial charge in [0.25, 0.3) is 5.69 Å². The van der Waals surface area contributed by atoms with E-state index in [2.05, 4.69) is 15.9 Å². The van der Waals surface area contributed by atoms with Crippen LogP contribution in [0.2, 0.25) is 0 Å². The largest absolute Gasteiger partial charge is 0.350 e. The number of rotatable bonds is 4. The molecule has 19 heavy (non-hydrogen) atoms. The average molecular weight is 324 g/mol. The van der Waals surface area contributed by atoms with Crippen molar-refractivity contribution < 1.29 is 4.92 Å². The van der Waals surface area contributed by atoms with Crippen molar-refractivity contribution in [2.45, 2.75) is 19.5 Å². The van der Waals surface area contributed by atoms with Gasteiger partial charge in [-0.3, -0.25) is 10.1 Å². The molecule has 0 aliphatic heterocycles. The second-order valence-electron chi connectivity index (χ2n) is 4.41. The first kappa shape index (κ1) is 13.8. The van der Waals surface area contributed by atoms with Crippen LogP contribution in [0.3, 0.4) is 0 Å². The highest BCUT2D eigenvalue weighted by atomic mass is 79.9. The van der Waals surface area contributed by atoms with Crippen molar-refractivity contribution in [3.05, 3.63) is 62.4 Å². The molecule has 0 radical (unpaired) electrons. The average Bonchev–Trinajstić information content (AvgIpc) is 2.80. The Kier molecular flexibility index (Phi) is 4.01. The van der Waals surface area contributed by atoms with Gasteiger partial charge in [-0.05, 0) is 40.0 Å². The summed E-state index contributed by atoms with van der Waals surface area (Å²) in [5, 5.41) is 10.9. The first-order chi connectivity index (χ1) is 8.99. The van der Waals surface area contributed by atoms with E-state index < -0.39 is 4.92 Å². The maximum Gasteiger partial charge on any atom is 0.283 e. The van der Waals surface area contributed by atoms with Gasteiger partial charge in [-0.25, -0.2) is 0 Å². The molecule has 1 atom stereocenters. The summed E-state index contributed by atoms with van der Waals surface area (Å²) in [7, 11) is 0. The van der Waals surface area contributed by atoms with E-state index in [9.17, 15) is 10.1 Å². The van der Waals surface area contributed by atoms with Crippen LogP contribution in [0, 0.1) is 10.1 Å². The van der Waals surface area contributed by atoms with Crippen LogP contribution in [0.5, 0.6) is 0 Å². The van der Waals surface area contributed by atoms with Crippen LogP contribution in [0.25, 0.3) is 0 Å². The first-order valence-corrected chi connectivity index (χ1v) is 6.61. The minimum absolute atomic E-state index is 0.0187. The van der Waals surface area contributed by atoms with E-state index in [4.69, 9.17) is 5.73 Å². The van der Waals surface area contributed by atoms with E-state index in [1.807, 2.05) is 36.0 Å². The van der Waals surface area contributed by atoms with Crippen molar-refractivity contribution in [2.24, 2.45) is 5.73 Å². The summed E-state index contributed by atoms with van der Waals surface area (Å²) in [5.41, 5.74) is 7.79. The molecule has 0 amide bonds. The molecule has 2 N–H and O–H groups in total. The van der Waals surface area contributed by atoms with Crippen molar-refractivity contribution in [3.8, 4) is 0 Å². The van der Waals surface area contributed by atoms with Gasteiger partial charge in [-0.1, -0.05) is 12.1 Å². The van der Waals surface area contributed by atoms with Crippen LogP contribution in [0.15, 0.2) is 41.1 Å².